The van der Waals surface area contributed by atoms with Crippen molar-refractivity contribution >= 4 is 0 Å². The summed E-state index contributed by atoms with van der Waals surface area (Å²) in [6, 6.07) is 1.58. The zero-order valence-electron chi connectivity index (χ0n) is 11.4. The van der Waals surface area contributed by atoms with Gasteiger partial charge in [-0.05, 0) is 57.8 Å². The molecule has 98 valence electrons. The second kappa shape index (κ2) is 4.87. The Labute approximate surface area is 106 Å². The molecule has 1 N–H and O–H groups in total. The Morgan fingerprint density at radius 3 is 2.53 bits per heavy atom. The summed E-state index contributed by atoms with van der Waals surface area (Å²) in [4.78, 5) is 5.11. The van der Waals surface area contributed by atoms with Gasteiger partial charge in [-0.15, -0.1) is 0 Å². The lowest BCUT2D eigenvalue weighted by atomic mass is 9.89. The van der Waals surface area contributed by atoms with Gasteiger partial charge >= 0.3 is 0 Å². The van der Waals surface area contributed by atoms with Crippen molar-refractivity contribution in [2.45, 2.75) is 38.3 Å². The summed E-state index contributed by atoms with van der Waals surface area (Å²) >= 11 is 0. The van der Waals surface area contributed by atoms with Crippen LogP contribution in [0.3, 0.4) is 0 Å². The van der Waals surface area contributed by atoms with Gasteiger partial charge in [0.15, 0.2) is 0 Å². The van der Waals surface area contributed by atoms with Crippen molar-refractivity contribution in [1.82, 2.24) is 15.1 Å². The van der Waals surface area contributed by atoms with Gasteiger partial charge < -0.3 is 15.1 Å². The molecule has 3 aliphatic rings. The summed E-state index contributed by atoms with van der Waals surface area (Å²) in [7, 11) is 2.25. The Hall–Kier alpha value is -0.120. The molecule has 3 heteroatoms. The molecule has 0 amide bonds. The molecule has 5 unspecified atom stereocenters. The van der Waals surface area contributed by atoms with E-state index in [0.717, 1.165) is 23.9 Å². The van der Waals surface area contributed by atoms with Gasteiger partial charge in [-0.3, -0.25) is 0 Å². The van der Waals surface area contributed by atoms with Gasteiger partial charge in [0.05, 0.1) is 0 Å². The largest absolute Gasteiger partial charge is 0.310 e. The fourth-order valence-electron chi connectivity index (χ4n) is 4.05. The monoisotopic (exact) mass is 237 g/mol. The first-order valence-corrected chi connectivity index (χ1v) is 7.39. The van der Waals surface area contributed by atoms with Crippen LogP contribution < -0.4 is 5.32 Å². The first-order valence-electron chi connectivity index (χ1n) is 7.39. The number of hydrogen-bond donors (Lipinski definition) is 1. The Bertz CT molecular complexity index is 268. The third kappa shape index (κ3) is 2.51. The molecule has 0 saturated carbocycles. The molecule has 2 bridgehead atoms. The maximum atomic E-state index is 4.00. The molecule has 0 radical (unpaired) electrons. The van der Waals surface area contributed by atoms with Crippen LogP contribution in [0.25, 0.3) is 0 Å². The highest BCUT2D eigenvalue weighted by Crippen LogP contribution is 2.28. The van der Waals surface area contributed by atoms with E-state index in [9.17, 15) is 0 Å². The van der Waals surface area contributed by atoms with E-state index in [0.29, 0.717) is 0 Å². The van der Waals surface area contributed by atoms with Gasteiger partial charge in [-0.2, -0.15) is 0 Å². The number of hydrogen-bond acceptors (Lipinski definition) is 3. The van der Waals surface area contributed by atoms with Gasteiger partial charge in [-0.1, -0.05) is 6.92 Å². The molecule has 5 atom stereocenters. The molecular formula is C14H27N3. The molecule has 0 aromatic carbocycles. The second-order valence-corrected chi connectivity index (χ2v) is 6.55. The van der Waals surface area contributed by atoms with Crippen LogP contribution in [0.5, 0.6) is 0 Å². The normalized spacial score (nSPS) is 47.3. The highest BCUT2D eigenvalue weighted by atomic mass is 15.2. The molecule has 0 spiro atoms. The fraction of sp³-hybridized carbons (Fsp3) is 1.00. The highest BCUT2D eigenvalue weighted by Gasteiger charge is 2.36. The smallest absolute Gasteiger partial charge is 0.0123 e. The van der Waals surface area contributed by atoms with Crippen LogP contribution in [0.1, 0.15) is 26.2 Å². The first-order chi connectivity index (χ1) is 8.22. The lowest BCUT2D eigenvalue weighted by Crippen LogP contribution is -2.54. The average Bonchev–Trinajstić information content (AvgIpc) is 2.69. The van der Waals surface area contributed by atoms with Gasteiger partial charge in [0.25, 0.3) is 0 Å². The molecule has 3 saturated heterocycles. The third-order valence-corrected chi connectivity index (χ3v) is 5.17. The van der Waals surface area contributed by atoms with E-state index in [-0.39, 0.29) is 0 Å². The van der Waals surface area contributed by atoms with E-state index < -0.39 is 0 Å². The topological polar surface area (TPSA) is 18.5 Å². The molecule has 3 nitrogen and oxygen atoms in total. The van der Waals surface area contributed by atoms with E-state index in [1.54, 1.807) is 0 Å². The Morgan fingerprint density at radius 1 is 0.941 bits per heavy atom. The lowest BCUT2D eigenvalue weighted by molar-refractivity contribution is 0.139. The van der Waals surface area contributed by atoms with Gasteiger partial charge in [0.1, 0.15) is 0 Å². The summed E-state index contributed by atoms with van der Waals surface area (Å²) in [5.74, 6) is 1.75. The van der Waals surface area contributed by atoms with Crippen LogP contribution in [-0.4, -0.2) is 61.7 Å². The number of rotatable bonds is 2. The number of likely N-dealkylation sites (tertiary alicyclic amines) is 1. The summed E-state index contributed by atoms with van der Waals surface area (Å²) in [5, 5.41) is 4.00. The molecule has 3 heterocycles. The van der Waals surface area contributed by atoms with Crippen molar-refractivity contribution in [3.63, 3.8) is 0 Å². The number of nitrogens with one attached hydrogen (secondary N) is 1. The fourth-order valence-corrected chi connectivity index (χ4v) is 4.05. The summed E-state index contributed by atoms with van der Waals surface area (Å²) in [6.45, 7) is 8.99. The quantitative estimate of drug-likeness (QED) is 0.773. The van der Waals surface area contributed by atoms with Crippen LogP contribution in [-0.2, 0) is 0 Å². The first kappa shape index (κ1) is 11.9. The minimum absolute atomic E-state index is 0.767. The van der Waals surface area contributed by atoms with Crippen molar-refractivity contribution in [2.75, 3.05) is 39.8 Å². The minimum Gasteiger partial charge on any atom is -0.310 e. The van der Waals surface area contributed by atoms with Gasteiger partial charge in [-0.25, -0.2) is 0 Å². The second-order valence-electron chi connectivity index (χ2n) is 6.55. The van der Waals surface area contributed by atoms with E-state index >= 15 is 0 Å². The predicted molar refractivity (Wildman–Crippen MR) is 71.2 cm³/mol. The van der Waals surface area contributed by atoms with Crippen molar-refractivity contribution in [3.05, 3.63) is 0 Å². The van der Waals surface area contributed by atoms with Crippen LogP contribution in [0.2, 0.25) is 0 Å². The molecule has 0 aliphatic carbocycles. The van der Waals surface area contributed by atoms with Gasteiger partial charge in [0.2, 0.25) is 0 Å². The zero-order chi connectivity index (χ0) is 11.8. The number of nitrogens with zero attached hydrogens (tertiary/aromatic N) is 2. The maximum Gasteiger partial charge on any atom is 0.0123 e. The molecule has 3 aliphatic heterocycles. The van der Waals surface area contributed by atoms with E-state index in [2.05, 4.69) is 29.1 Å². The minimum atomic E-state index is 0.767. The average molecular weight is 237 g/mol. The van der Waals surface area contributed by atoms with E-state index in [4.69, 9.17) is 0 Å². The molecular weight excluding hydrogens is 210 g/mol. The van der Waals surface area contributed by atoms with Gasteiger partial charge in [0, 0.05) is 25.2 Å². The van der Waals surface area contributed by atoms with Crippen LogP contribution in [0, 0.1) is 11.8 Å². The van der Waals surface area contributed by atoms with Crippen molar-refractivity contribution in [1.29, 1.82) is 0 Å². The molecule has 3 rings (SSSR count). The van der Waals surface area contributed by atoms with Crippen LogP contribution >= 0.6 is 0 Å². The summed E-state index contributed by atoms with van der Waals surface area (Å²) in [5.41, 5.74) is 0. The zero-order valence-corrected chi connectivity index (χ0v) is 11.4. The molecule has 0 aromatic rings. The van der Waals surface area contributed by atoms with Crippen molar-refractivity contribution in [3.8, 4) is 0 Å². The van der Waals surface area contributed by atoms with E-state index in [1.165, 1.54) is 52.0 Å². The number of fused-ring (bicyclic) bond motifs is 2. The van der Waals surface area contributed by atoms with E-state index in [1.807, 2.05) is 0 Å². The summed E-state index contributed by atoms with van der Waals surface area (Å²) < 4.78 is 0. The van der Waals surface area contributed by atoms with Crippen LogP contribution in [0.4, 0.5) is 0 Å². The Kier molecular flexibility index (Phi) is 3.42. The Balaban J connectivity index is 1.55. The molecule has 3 fully saturated rings. The molecule has 0 aromatic heterocycles. The van der Waals surface area contributed by atoms with Crippen molar-refractivity contribution < 1.29 is 0 Å². The highest BCUT2D eigenvalue weighted by molar-refractivity contribution is 4.94. The SMILES string of the molecule is CC1CN(C)CCC1NC1CCN2CCC1C2. The summed E-state index contributed by atoms with van der Waals surface area (Å²) in [6.07, 6.45) is 4.15. The predicted octanol–water partition coefficient (Wildman–Crippen LogP) is 1.01. The van der Waals surface area contributed by atoms with Crippen molar-refractivity contribution in [2.24, 2.45) is 11.8 Å². The number of piperidine rings is 2. The molecule has 17 heavy (non-hydrogen) atoms. The third-order valence-electron chi connectivity index (χ3n) is 5.17. The Morgan fingerprint density at radius 2 is 1.71 bits per heavy atom. The lowest BCUT2D eigenvalue weighted by Gasteiger charge is -2.40. The maximum absolute atomic E-state index is 4.00. The van der Waals surface area contributed by atoms with Crippen LogP contribution in [0.15, 0.2) is 0 Å². The standard InChI is InChI=1S/C14H27N3/c1-11-9-16(2)6-4-13(11)15-14-5-8-17-7-3-12(14)10-17/h11-15H,3-10H2,1-2H3.